The molecule has 3 aliphatic rings. The molecule has 11 heavy (non-hydrogen) atoms. The molecule has 3 fully saturated rings. The molecule has 0 heterocycles. The molecule has 0 aliphatic heterocycles. The van der Waals surface area contributed by atoms with E-state index in [9.17, 15) is 4.39 Å². The molecule has 0 unspecified atom stereocenters. The van der Waals surface area contributed by atoms with Crippen molar-refractivity contribution in [2.75, 3.05) is 13.1 Å². The Morgan fingerprint density at radius 3 is 2.45 bits per heavy atom. The second-order valence-corrected chi connectivity index (χ2v) is 4.36. The number of nitrogens with one attached hydrogen (secondary N) is 1. The van der Waals surface area contributed by atoms with Crippen molar-refractivity contribution in [2.24, 2.45) is 5.41 Å². The Kier molecular flexibility index (Phi) is 1.50. The lowest BCUT2D eigenvalue weighted by atomic mass is 9.42. The van der Waals surface area contributed by atoms with E-state index >= 15 is 0 Å². The summed E-state index contributed by atoms with van der Waals surface area (Å²) in [7, 11) is 0. The standard InChI is InChI=1S/C9H16FN/c1-2-3-11-7-8-4-9(10,5-8)6-8/h11H,2-7H2,1H3. The molecule has 1 nitrogen and oxygen atoms in total. The lowest BCUT2D eigenvalue weighted by molar-refractivity contribution is -0.209. The summed E-state index contributed by atoms with van der Waals surface area (Å²) in [5.41, 5.74) is -0.322. The van der Waals surface area contributed by atoms with Crippen LogP contribution in [0.25, 0.3) is 0 Å². The largest absolute Gasteiger partial charge is 0.316 e. The van der Waals surface area contributed by atoms with Gasteiger partial charge in [0.1, 0.15) is 5.67 Å². The third-order valence-electron chi connectivity index (χ3n) is 3.00. The molecule has 0 aromatic carbocycles. The highest BCUT2D eigenvalue weighted by Gasteiger charge is 2.68. The Bertz CT molecular complexity index is 147. The van der Waals surface area contributed by atoms with Crippen molar-refractivity contribution in [3.8, 4) is 0 Å². The number of alkyl halides is 1. The van der Waals surface area contributed by atoms with E-state index in [0.717, 1.165) is 32.4 Å². The highest BCUT2D eigenvalue weighted by atomic mass is 19.1. The van der Waals surface area contributed by atoms with E-state index < -0.39 is 5.67 Å². The van der Waals surface area contributed by atoms with E-state index in [1.807, 2.05) is 0 Å². The topological polar surface area (TPSA) is 12.0 Å². The molecule has 0 atom stereocenters. The highest BCUT2D eigenvalue weighted by molar-refractivity contribution is 5.19. The van der Waals surface area contributed by atoms with Crippen LogP contribution in [0, 0.1) is 5.41 Å². The van der Waals surface area contributed by atoms with Gasteiger partial charge in [0.2, 0.25) is 0 Å². The molecule has 3 rings (SSSR count). The van der Waals surface area contributed by atoms with Crippen molar-refractivity contribution in [1.82, 2.24) is 5.32 Å². The molecule has 0 aromatic rings. The second-order valence-electron chi connectivity index (χ2n) is 4.36. The molecule has 2 bridgehead atoms. The van der Waals surface area contributed by atoms with Gasteiger partial charge in [-0.05, 0) is 37.6 Å². The number of hydrogen-bond donors (Lipinski definition) is 1. The average molecular weight is 157 g/mol. The van der Waals surface area contributed by atoms with Crippen LogP contribution in [-0.2, 0) is 0 Å². The van der Waals surface area contributed by atoms with Gasteiger partial charge in [0.15, 0.2) is 0 Å². The molecule has 3 saturated carbocycles. The second kappa shape index (κ2) is 2.19. The van der Waals surface area contributed by atoms with E-state index in [1.165, 1.54) is 6.42 Å². The maximum Gasteiger partial charge on any atom is 0.112 e. The third-order valence-corrected chi connectivity index (χ3v) is 3.00. The van der Waals surface area contributed by atoms with E-state index in [2.05, 4.69) is 12.2 Å². The van der Waals surface area contributed by atoms with Gasteiger partial charge in [-0.1, -0.05) is 6.92 Å². The van der Waals surface area contributed by atoms with Crippen molar-refractivity contribution in [2.45, 2.75) is 38.3 Å². The van der Waals surface area contributed by atoms with E-state index in [4.69, 9.17) is 0 Å². The highest BCUT2D eigenvalue weighted by Crippen LogP contribution is 2.68. The predicted octanol–water partition coefficient (Wildman–Crippen LogP) is 1.88. The fraction of sp³-hybridized carbons (Fsp3) is 1.00. The van der Waals surface area contributed by atoms with Crippen LogP contribution in [0.2, 0.25) is 0 Å². The van der Waals surface area contributed by atoms with Gasteiger partial charge in [0.05, 0.1) is 0 Å². The van der Waals surface area contributed by atoms with Crippen LogP contribution in [-0.4, -0.2) is 18.8 Å². The summed E-state index contributed by atoms with van der Waals surface area (Å²) in [6.45, 7) is 4.29. The van der Waals surface area contributed by atoms with E-state index in [0.29, 0.717) is 5.41 Å². The van der Waals surface area contributed by atoms with E-state index in [-0.39, 0.29) is 0 Å². The van der Waals surface area contributed by atoms with Crippen molar-refractivity contribution in [1.29, 1.82) is 0 Å². The summed E-state index contributed by atoms with van der Waals surface area (Å²) in [5.74, 6) is 0. The molecule has 64 valence electrons. The van der Waals surface area contributed by atoms with E-state index in [1.54, 1.807) is 0 Å². The Morgan fingerprint density at radius 2 is 2.00 bits per heavy atom. The molecular formula is C9H16FN. The third kappa shape index (κ3) is 1.08. The van der Waals surface area contributed by atoms with Crippen molar-refractivity contribution in [3.05, 3.63) is 0 Å². The summed E-state index contributed by atoms with van der Waals surface area (Å²) in [6.07, 6.45) is 3.67. The van der Waals surface area contributed by atoms with Crippen molar-refractivity contribution in [3.63, 3.8) is 0 Å². The molecule has 2 heteroatoms. The lowest BCUT2D eigenvalue weighted by Crippen LogP contribution is -2.67. The SMILES string of the molecule is CCCNCC12CC(F)(C1)C2. The van der Waals surface area contributed by atoms with Gasteiger partial charge < -0.3 is 5.32 Å². The quantitative estimate of drug-likeness (QED) is 0.614. The summed E-state index contributed by atoms with van der Waals surface area (Å²) in [5, 5.41) is 3.37. The van der Waals surface area contributed by atoms with Crippen LogP contribution in [0.15, 0.2) is 0 Å². The summed E-state index contributed by atoms with van der Waals surface area (Å²) < 4.78 is 13.0. The average Bonchev–Trinajstić information content (AvgIpc) is 1.82. The fourth-order valence-corrected chi connectivity index (χ4v) is 2.58. The first kappa shape index (κ1) is 7.53. The smallest absolute Gasteiger partial charge is 0.112 e. The van der Waals surface area contributed by atoms with Crippen LogP contribution in [0.1, 0.15) is 32.6 Å². The molecule has 0 spiro atoms. The maximum atomic E-state index is 13.0. The first-order valence-electron chi connectivity index (χ1n) is 4.58. The molecule has 1 N–H and O–H groups in total. The molecule has 0 radical (unpaired) electrons. The Labute approximate surface area is 67.4 Å². The Hall–Kier alpha value is -0.110. The van der Waals surface area contributed by atoms with Gasteiger partial charge in [-0.2, -0.15) is 0 Å². The summed E-state index contributed by atoms with van der Waals surface area (Å²) >= 11 is 0. The molecule has 0 amide bonds. The molecule has 0 aromatic heterocycles. The number of rotatable bonds is 4. The van der Waals surface area contributed by atoms with Crippen LogP contribution < -0.4 is 5.32 Å². The van der Waals surface area contributed by atoms with Gasteiger partial charge in [0, 0.05) is 6.54 Å². The summed E-state index contributed by atoms with van der Waals surface area (Å²) in [6, 6.07) is 0. The van der Waals surface area contributed by atoms with Gasteiger partial charge in [-0.3, -0.25) is 0 Å². The molecule has 3 aliphatic carbocycles. The van der Waals surface area contributed by atoms with Crippen LogP contribution in [0.3, 0.4) is 0 Å². The van der Waals surface area contributed by atoms with Crippen LogP contribution in [0.4, 0.5) is 4.39 Å². The zero-order chi connectivity index (χ0) is 7.95. The van der Waals surface area contributed by atoms with Crippen molar-refractivity contribution < 1.29 is 4.39 Å². The Morgan fingerprint density at radius 1 is 1.36 bits per heavy atom. The number of hydrogen-bond acceptors (Lipinski definition) is 1. The monoisotopic (exact) mass is 157 g/mol. The predicted molar refractivity (Wildman–Crippen MR) is 43.3 cm³/mol. The van der Waals surface area contributed by atoms with Crippen molar-refractivity contribution >= 4 is 0 Å². The normalized spacial score (nSPS) is 46.4. The van der Waals surface area contributed by atoms with Crippen LogP contribution >= 0.6 is 0 Å². The molecular weight excluding hydrogens is 141 g/mol. The minimum Gasteiger partial charge on any atom is -0.316 e. The zero-order valence-corrected chi connectivity index (χ0v) is 7.12. The van der Waals surface area contributed by atoms with Gasteiger partial charge in [-0.25, -0.2) is 4.39 Å². The summed E-state index contributed by atoms with van der Waals surface area (Å²) in [4.78, 5) is 0. The Balaban J connectivity index is 1.66. The maximum absolute atomic E-state index is 13.0. The first-order chi connectivity index (χ1) is 5.18. The zero-order valence-electron chi connectivity index (χ0n) is 7.12. The number of halogens is 1. The minimum atomic E-state index is -0.714. The van der Waals surface area contributed by atoms with Gasteiger partial charge in [-0.15, -0.1) is 0 Å². The first-order valence-corrected chi connectivity index (χ1v) is 4.58. The molecule has 0 saturated heterocycles. The van der Waals surface area contributed by atoms with Gasteiger partial charge >= 0.3 is 0 Å². The lowest BCUT2D eigenvalue weighted by Gasteiger charge is -2.66. The van der Waals surface area contributed by atoms with Crippen LogP contribution in [0.5, 0.6) is 0 Å². The fourth-order valence-electron chi connectivity index (χ4n) is 2.58. The van der Waals surface area contributed by atoms with Gasteiger partial charge in [0.25, 0.3) is 0 Å². The minimum absolute atomic E-state index is 0.393.